The molecule has 3 amide bonds. The fourth-order valence-corrected chi connectivity index (χ4v) is 2.76. The Kier molecular flexibility index (Phi) is 4.74. The monoisotopic (exact) mass is 342 g/mol. The lowest BCUT2D eigenvalue weighted by Gasteiger charge is -2.26. The Labute approximate surface area is 146 Å². The van der Waals surface area contributed by atoms with E-state index >= 15 is 0 Å². The molecule has 0 saturated heterocycles. The zero-order valence-corrected chi connectivity index (χ0v) is 14.6. The summed E-state index contributed by atoms with van der Waals surface area (Å²) in [6.45, 7) is 4.33. The Balaban J connectivity index is 1.58. The van der Waals surface area contributed by atoms with E-state index in [0.717, 1.165) is 16.9 Å². The molecule has 0 fully saturated rings. The van der Waals surface area contributed by atoms with E-state index in [0.29, 0.717) is 24.3 Å². The Morgan fingerprint density at radius 2 is 2.12 bits per heavy atom. The van der Waals surface area contributed by atoms with E-state index in [4.69, 9.17) is 4.52 Å². The van der Waals surface area contributed by atoms with Gasteiger partial charge < -0.3 is 20.1 Å². The highest BCUT2D eigenvalue weighted by Crippen LogP contribution is 2.29. The third-order valence-electron chi connectivity index (χ3n) is 4.27. The van der Waals surface area contributed by atoms with Crippen molar-refractivity contribution in [2.24, 2.45) is 0 Å². The fourth-order valence-electron chi connectivity index (χ4n) is 2.76. The summed E-state index contributed by atoms with van der Waals surface area (Å²) in [5.41, 5.74) is 3.51. The molecule has 0 saturated carbocycles. The number of hydrogen-bond acceptors (Lipinski definition) is 4. The van der Waals surface area contributed by atoms with E-state index in [1.807, 2.05) is 32.0 Å². The van der Waals surface area contributed by atoms with Gasteiger partial charge in [-0.3, -0.25) is 4.79 Å². The molecule has 0 bridgehead atoms. The van der Waals surface area contributed by atoms with Gasteiger partial charge in [-0.05, 0) is 36.1 Å². The van der Waals surface area contributed by atoms with Gasteiger partial charge in [0.15, 0.2) is 5.76 Å². The third kappa shape index (κ3) is 3.81. The first-order valence-corrected chi connectivity index (χ1v) is 8.34. The Morgan fingerprint density at radius 3 is 2.84 bits per heavy atom. The molecule has 1 aliphatic rings. The molecule has 0 radical (unpaired) electrons. The van der Waals surface area contributed by atoms with E-state index in [9.17, 15) is 9.59 Å². The molecule has 1 aliphatic heterocycles. The molecule has 7 heteroatoms. The maximum Gasteiger partial charge on any atom is 0.319 e. The highest BCUT2D eigenvalue weighted by molar-refractivity contribution is 5.97. The van der Waals surface area contributed by atoms with Crippen LogP contribution in [0.3, 0.4) is 0 Å². The van der Waals surface area contributed by atoms with Crippen LogP contribution in [-0.4, -0.2) is 24.1 Å². The molecule has 132 valence electrons. The number of nitrogens with one attached hydrogen (secondary N) is 2. The number of hydrogen-bond donors (Lipinski definition) is 2. The molecular formula is C18H22N4O3. The minimum Gasteiger partial charge on any atom is -0.359 e. The number of carbonyl (C=O) groups excluding carboxylic acids is 2. The molecule has 1 aromatic carbocycles. The molecule has 0 spiro atoms. The second kappa shape index (κ2) is 6.96. The van der Waals surface area contributed by atoms with Crippen molar-refractivity contribution in [3.63, 3.8) is 0 Å². The Bertz CT molecular complexity index is 797. The van der Waals surface area contributed by atoms with Gasteiger partial charge in [-0.25, -0.2) is 4.79 Å². The zero-order chi connectivity index (χ0) is 18.0. The maximum atomic E-state index is 12.1. The minimum atomic E-state index is -0.317. The normalized spacial score (nSPS) is 13.8. The second-order valence-electron chi connectivity index (χ2n) is 6.48. The van der Waals surface area contributed by atoms with Crippen LogP contribution >= 0.6 is 0 Å². The number of aryl methyl sites for hydroxylation is 1. The summed E-state index contributed by atoms with van der Waals surface area (Å²) >= 11 is 0. The van der Waals surface area contributed by atoms with Crippen LogP contribution in [0.4, 0.5) is 16.2 Å². The largest absolute Gasteiger partial charge is 0.359 e. The Hall–Kier alpha value is -2.83. The lowest BCUT2D eigenvalue weighted by atomic mass is 10.0. The number of benzene rings is 1. The van der Waals surface area contributed by atoms with Crippen LogP contribution in [0.2, 0.25) is 0 Å². The minimum absolute atomic E-state index is 0.110. The van der Waals surface area contributed by atoms with Crippen LogP contribution in [0.25, 0.3) is 0 Å². The van der Waals surface area contributed by atoms with Gasteiger partial charge >= 0.3 is 6.03 Å². The number of rotatable bonds is 4. The van der Waals surface area contributed by atoms with Gasteiger partial charge in [0.25, 0.3) is 0 Å². The highest BCUT2D eigenvalue weighted by Gasteiger charge is 2.21. The van der Waals surface area contributed by atoms with Gasteiger partial charge in [-0.1, -0.05) is 19.0 Å². The van der Waals surface area contributed by atoms with Gasteiger partial charge in [0.05, 0.1) is 12.2 Å². The SMILES string of the molecule is CC(C)c1cc(CNC(=O)Nc2ccc3c(c2)CCC(=O)N3C)on1. The molecule has 0 aliphatic carbocycles. The average Bonchev–Trinajstić information content (AvgIpc) is 3.06. The number of amides is 3. The lowest BCUT2D eigenvalue weighted by Crippen LogP contribution is -2.31. The molecule has 2 aromatic rings. The molecule has 1 aromatic heterocycles. The first kappa shape index (κ1) is 17.0. The summed E-state index contributed by atoms with van der Waals surface area (Å²) in [6, 6.07) is 7.08. The lowest BCUT2D eigenvalue weighted by molar-refractivity contribution is -0.118. The van der Waals surface area contributed by atoms with E-state index in [-0.39, 0.29) is 24.4 Å². The van der Waals surface area contributed by atoms with Gasteiger partial charge in [-0.2, -0.15) is 0 Å². The van der Waals surface area contributed by atoms with Crippen LogP contribution in [0.1, 0.15) is 43.2 Å². The van der Waals surface area contributed by atoms with Gasteiger partial charge in [0.2, 0.25) is 5.91 Å². The first-order valence-electron chi connectivity index (χ1n) is 8.34. The molecule has 0 atom stereocenters. The highest BCUT2D eigenvalue weighted by atomic mass is 16.5. The van der Waals surface area contributed by atoms with Crippen molar-refractivity contribution < 1.29 is 14.1 Å². The number of carbonyl (C=O) groups is 2. The smallest absolute Gasteiger partial charge is 0.319 e. The molecular weight excluding hydrogens is 320 g/mol. The van der Waals surface area contributed by atoms with Crippen molar-refractivity contribution in [3.8, 4) is 0 Å². The van der Waals surface area contributed by atoms with Crippen molar-refractivity contribution in [3.05, 3.63) is 41.3 Å². The van der Waals surface area contributed by atoms with Crippen LogP contribution in [0, 0.1) is 0 Å². The van der Waals surface area contributed by atoms with Gasteiger partial charge in [-0.15, -0.1) is 0 Å². The average molecular weight is 342 g/mol. The summed E-state index contributed by atoms with van der Waals surface area (Å²) < 4.78 is 5.19. The van der Waals surface area contributed by atoms with Gasteiger partial charge in [0, 0.05) is 30.9 Å². The van der Waals surface area contributed by atoms with Crippen molar-refractivity contribution in [1.29, 1.82) is 0 Å². The van der Waals surface area contributed by atoms with Crippen molar-refractivity contribution in [1.82, 2.24) is 10.5 Å². The third-order valence-corrected chi connectivity index (χ3v) is 4.27. The van der Waals surface area contributed by atoms with Crippen LogP contribution in [-0.2, 0) is 17.8 Å². The van der Waals surface area contributed by atoms with E-state index < -0.39 is 0 Å². The summed E-state index contributed by atoms with van der Waals surface area (Å²) in [5, 5.41) is 9.51. The van der Waals surface area contributed by atoms with Crippen molar-refractivity contribution in [2.75, 3.05) is 17.3 Å². The summed E-state index contributed by atoms with van der Waals surface area (Å²) in [6.07, 6.45) is 1.18. The van der Waals surface area contributed by atoms with E-state index in [2.05, 4.69) is 15.8 Å². The van der Waals surface area contributed by atoms with Crippen LogP contribution in [0.15, 0.2) is 28.8 Å². The quantitative estimate of drug-likeness (QED) is 0.894. The van der Waals surface area contributed by atoms with Crippen LogP contribution < -0.4 is 15.5 Å². The van der Waals surface area contributed by atoms with Crippen molar-refractivity contribution in [2.45, 2.75) is 39.2 Å². The molecule has 25 heavy (non-hydrogen) atoms. The van der Waals surface area contributed by atoms with Gasteiger partial charge in [0.1, 0.15) is 0 Å². The standard InChI is InChI=1S/C18H22N4O3/c1-11(2)15-9-14(25-21-15)10-19-18(24)20-13-5-6-16-12(8-13)4-7-17(23)22(16)3/h5-6,8-9,11H,4,7,10H2,1-3H3,(H2,19,20,24). The van der Waals surface area contributed by atoms with Crippen LogP contribution in [0.5, 0.6) is 0 Å². The fraction of sp³-hybridized carbons (Fsp3) is 0.389. The van der Waals surface area contributed by atoms with E-state index in [1.165, 1.54) is 0 Å². The van der Waals surface area contributed by atoms with E-state index in [1.54, 1.807) is 18.0 Å². The predicted molar refractivity (Wildman–Crippen MR) is 94.6 cm³/mol. The topological polar surface area (TPSA) is 87.5 Å². The second-order valence-corrected chi connectivity index (χ2v) is 6.48. The molecule has 3 rings (SSSR count). The summed E-state index contributed by atoms with van der Waals surface area (Å²) in [5.74, 6) is 1.01. The van der Waals surface area contributed by atoms with Crippen molar-refractivity contribution >= 4 is 23.3 Å². The molecule has 2 heterocycles. The zero-order valence-electron chi connectivity index (χ0n) is 14.6. The first-order chi connectivity index (χ1) is 11.9. The summed E-state index contributed by atoms with van der Waals surface area (Å²) in [7, 11) is 1.77. The number of nitrogens with zero attached hydrogens (tertiary/aromatic N) is 2. The number of anilines is 2. The Morgan fingerprint density at radius 1 is 1.32 bits per heavy atom. The number of fused-ring (bicyclic) bond motifs is 1. The molecule has 7 nitrogen and oxygen atoms in total. The maximum absolute atomic E-state index is 12.1. The predicted octanol–water partition coefficient (Wildman–Crippen LogP) is 3.03. The number of urea groups is 1. The molecule has 2 N–H and O–H groups in total. The summed E-state index contributed by atoms with van der Waals surface area (Å²) in [4.78, 5) is 25.4. The number of aromatic nitrogens is 1. The molecule has 0 unspecified atom stereocenters.